The van der Waals surface area contributed by atoms with Crippen molar-refractivity contribution < 1.29 is 5.11 Å². The molecule has 17 heavy (non-hydrogen) atoms. The maximum atomic E-state index is 9.07. The SMILES string of the molecule is Cc1cc(-c2ccc(Cl)cc2Cl)nc(CO)n1. The summed E-state index contributed by atoms with van der Waals surface area (Å²) in [6.45, 7) is 1.65. The van der Waals surface area contributed by atoms with Crippen molar-refractivity contribution in [2.45, 2.75) is 13.5 Å². The summed E-state index contributed by atoms with van der Waals surface area (Å²) in [5.74, 6) is 0.381. The van der Waals surface area contributed by atoms with Crippen LogP contribution in [-0.2, 0) is 6.61 Å². The van der Waals surface area contributed by atoms with Crippen LogP contribution in [0.25, 0.3) is 11.3 Å². The fourth-order valence-electron chi connectivity index (χ4n) is 1.54. The summed E-state index contributed by atoms with van der Waals surface area (Å²) < 4.78 is 0. The fraction of sp³-hybridized carbons (Fsp3) is 0.167. The molecule has 5 heteroatoms. The summed E-state index contributed by atoms with van der Waals surface area (Å²) >= 11 is 11.9. The molecule has 1 N–H and O–H groups in total. The topological polar surface area (TPSA) is 46.0 Å². The van der Waals surface area contributed by atoms with Gasteiger partial charge in [0.25, 0.3) is 0 Å². The van der Waals surface area contributed by atoms with Crippen molar-refractivity contribution in [3.8, 4) is 11.3 Å². The molecule has 1 heterocycles. The molecule has 3 nitrogen and oxygen atoms in total. The van der Waals surface area contributed by atoms with Crippen LogP contribution < -0.4 is 0 Å². The molecule has 0 spiro atoms. The summed E-state index contributed by atoms with van der Waals surface area (Å²) in [5.41, 5.74) is 2.24. The third-order valence-electron chi connectivity index (χ3n) is 2.25. The van der Waals surface area contributed by atoms with Gasteiger partial charge in [-0.3, -0.25) is 0 Å². The van der Waals surface area contributed by atoms with Crippen molar-refractivity contribution in [1.29, 1.82) is 0 Å². The van der Waals surface area contributed by atoms with E-state index in [4.69, 9.17) is 28.3 Å². The largest absolute Gasteiger partial charge is 0.388 e. The lowest BCUT2D eigenvalue weighted by Gasteiger charge is -2.06. The highest BCUT2D eigenvalue weighted by molar-refractivity contribution is 6.36. The quantitative estimate of drug-likeness (QED) is 0.910. The number of aliphatic hydroxyl groups excluding tert-OH is 1. The molecule has 0 bridgehead atoms. The number of aromatic nitrogens is 2. The second-order valence-corrected chi connectivity index (χ2v) is 4.44. The third-order valence-corrected chi connectivity index (χ3v) is 2.80. The highest BCUT2D eigenvalue weighted by Crippen LogP contribution is 2.29. The molecule has 0 saturated heterocycles. The Morgan fingerprint density at radius 2 is 1.94 bits per heavy atom. The van der Waals surface area contributed by atoms with Crippen molar-refractivity contribution in [2.75, 3.05) is 0 Å². The maximum absolute atomic E-state index is 9.07. The number of aliphatic hydroxyl groups is 1. The second-order valence-electron chi connectivity index (χ2n) is 3.59. The van der Waals surface area contributed by atoms with E-state index < -0.39 is 0 Å². The third kappa shape index (κ3) is 2.75. The summed E-state index contributed by atoms with van der Waals surface area (Å²) in [5, 5.41) is 10.2. The number of hydrogen-bond donors (Lipinski definition) is 1. The monoisotopic (exact) mass is 268 g/mol. The van der Waals surface area contributed by atoms with Gasteiger partial charge in [0, 0.05) is 16.3 Å². The van der Waals surface area contributed by atoms with Crippen molar-refractivity contribution in [1.82, 2.24) is 9.97 Å². The maximum Gasteiger partial charge on any atom is 0.154 e. The highest BCUT2D eigenvalue weighted by atomic mass is 35.5. The Labute approximate surface area is 109 Å². The molecule has 0 aliphatic heterocycles. The first-order chi connectivity index (χ1) is 8.10. The molecule has 2 aromatic rings. The lowest BCUT2D eigenvalue weighted by atomic mass is 10.1. The number of nitrogens with zero attached hydrogens (tertiary/aromatic N) is 2. The van der Waals surface area contributed by atoms with Gasteiger partial charge in [0.2, 0.25) is 0 Å². The van der Waals surface area contributed by atoms with E-state index in [-0.39, 0.29) is 6.61 Å². The molecule has 0 aliphatic carbocycles. The van der Waals surface area contributed by atoms with Gasteiger partial charge in [-0.05, 0) is 31.2 Å². The van der Waals surface area contributed by atoms with Gasteiger partial charge in [-0.1, -0.05) is 23.2 Å². The van der Waals surface area contributed by atoms with Gasteiger partial charge < -0.3 is 5.11 Å². The molecule has 0 radical (unpaired) electrons. The zero-order valence-electron chi connectivity index (χ0n) is 9.11. The summed E-state index contributed by atoms with van der Waals surface area (Å²) in [4.78, 5) is 8.32. The Morgan fingerprint density at radius 3 is 2.59 bits per heavy atom. The van der Waals surface area contributed by atoms with Crippen LogP contribution in [0, 0.1) is 6.92 Å². The van der Waals surface area contributed by atoms with E-state index in [1.807, 2.05) is 13.0 Å². The van der Waals surface area contributed by atoms with Gasteiger partial charge in [-0.15, -0.1) is 0 Å². The molecule has 0 unspecified atom stereocenters. The highest BCUT2D eigenvalue weighted by Gasteiger charge is 2.08. The zero-order valence-corrected chi connectivity index (χ0v) is 10.6. The standard InChI is InChI=1S/C12H10Cl2N2O/c1-7-4-11(16-12(6-17)15-7)9-3-2-8(13)5-10(9)14/h2-5,17H,6H2,1H3. The van der Waals surface area contributed by atoms with Crippen LogP contribution in [0.2, 0.25) is 10.0 Å². The molecule has 0 saturated carbocycles. The van der Waals surface area contributed by atoms with E-state index in [9.17, 15) is 0 Å². The lowest BCUT2D eigenvalue weighted by molar-refractivity contribution is 0.271. The van der Waals surface area contributed by atoms with Gasteiger partial charge in [0.1, 0.15) is 6.61 Å². The van der Waals surface area contributed by atoms with Crippen LogP contribution in [0.4, 0.5) is 0 Å². The summed E-state index contributed by atoms with van der Waals surface area (Å²) in [7, 11) is 0. The molecule has 0 aliphatic rings. The average Bonchev–Trinajstić information content (AvgIpc) is 2.28. The van der Waals surface area contributed by atoms with Gasteiger partial charge in [0.05, 0.1) is 10.7 Å². The van der Waals surface area contributed by atoms with Gasteiger partial charge in [-0.2, -0.15) is 0 Å². The first-order valence-electron chi connectivity index (χ1n) is 5.01. The van der Waals surface area contributed by atoms with Crippen molar-refractivity contribution in [3.05, 3.63) is 45.8 Å². The number of benzene rings is 1. The van der Waals surface area contributed by atoms with Crippen LogP contribution in [-0.4, -0.2) is 15.1 Å². The van der Waals surface area contributed by atoms with Gasteiger partial charge in [-0.25, -0.2) is 9.97 Å². The van der Waals surface area contributed by atoms with Crippen molar-refractivity contribution in [3.63, 3.8) is 0 Å². The fourth-order valence-corrected chi connectivity index (χ4v) is 2.04. The number of halogens is 2. The Balaban J connectivity index is 2.55. The normalized spacial score (nSPS) is 10.6. The molecule has 0 atom stereocenters. The first-order valence-corrected chi connectivity index (χ1v) is 5.76. The zero-order chi connectivity index (χ0) is 12.4. The Morgan fingerprint density at radius 1 is 1.18 bits per heavy atom. The summed E-state index contributed by atoms with van der Waals surface area (Å²) in [6, 6.07) is 7.02. The van der Waals surface area contributed by atoms with Crippen LogP contribution in [0.3, 0.4) is 0 Å². The van der Waals surface area contributed by atoms with E-state index in [2.05, 4.69) is 9.97 Å². The van der Waals surface area contributed by atoms with E-state index in [0.29, 0.717) is 21.6 Å². The lowest BCUT2D eigenvalue weighted by Crippen LogP contribution is -1.98. The van der Waals surface area contributed by atoms with Crippen LogP contribution >= 0.6 is 23.2 Å². The number of hydrogen-bond acceptors (Lipinski definition) is 3. The predicted molar refractivity (Wildman–Crippen MR) is 68.1 cm³/mol. The smallest absolute Gasteiger partial charge is 0.154 e. The van der Waals surface area contributed by atoms with Gasteiger partial charge in [0.15, 0.2) is 5.82 Å². The molecule has 0 fully saturated rings. The molecular formula is C12H10Cl2N2O. The number of aryl methyl sites for hydroxylation is 1. The predicted octanol–water partition coefficient (Wildman–Crippen LogP) is 3.25. The minimum atomic E-state index is -0.195. The molecule has 2 rings (SSSR count). The first kappa shape index (κ1) is 12.3. The average molecular weight is 269 g/mol. The van der Waals surface area contributed by atoms with Crippen molar-refractivity contribution in [2.24, 2.45) is 0 Å². The Bertz CT molecular complexity index is 558. The van der Waals surface area contributed by atoms with E-state index in [0.717, 1.165) is 11.3 Å². The van der Waals surface area contributed by atoms with E-state index >= 15 is 0 Å². The summed E-state index contributed by atoms with van der Waals surface area (Å²) in [6.07, 6.45) is 0. The van der Waals surface area contributed by atoms with Gasteiger partial charge >= 0.3 is 0 Å². The molecule has 88 valence electrons. The molecule has 1 aromatic heterocycles. The minimum absolute atomic E-state index is 0.195. The van der Waals surface area contributed by atoms with Crippen LogP contribution in [0.1, 0.15) is 11.5 Å². The molecule has 0 amide bonds. The van der Waals surface area contributed by atoms with E-state index in [1.54, 1.807) is 18.2 Å². The minimum Gasteiger partial charge on any atom is -0.388 e. The van der Waals surface area contributed by atoms with E-state index in [1.165, 1.54) is 0 Å². The van der Waals surface area contributed by atoms with Crippen LogP contribution in [0.5, 0.6) is 0 Å². The Hall–Kier alpha value is -1.16. The number of rotatable bonds is 2. The molecule has 1 aromatic carbocycles. The Kier molecular flexibility index (Phi) is 3.62. The second kappa shape index (κ2) is 5.00. The molecular weight excluding hydrogens is 259 g/mol. The van der Waals surface area contributed by atoms with Crippen molar-refractivity contribution >= 4 is 23.2 Å². The van der Waals surface area contributed by atoms with Crippen LogP contribution in [0.15, 0.2) is 24.3 Å².